The van der Waals surface area contributed by atoms with Crippen molar-refractivity contribution in [2.45, 2.75) is 393 Å². The van der Waals surface area contributed by atoms with Crippen LogP contribution in [0, 0.1) is 0 Å². The highest BCUT2D eigenvalue weighted by Gasteiger charge is 2.30. The quantitative estimate of drug-likeness (QED) is 0.0169. The lowest BCUT2D eigenvalue weighted by atomic mass is 10.0. The molecule has 0 aliphatic heterocycles. The molecule has 0 aliphatic rings. The molecule has 19 heteroatoms. The molecule has 0 aliphatic carbocycles. The van der Waals surface area contributed by atoms with Gasteiger partial charge >= 0.3 is 39.5 Å². The summed E-state index contributed by atoms with van der Waals surface area (Å²) in [6, 6.07) is 0. The fourth-order valence-corrected chi connectivity index (χ4v) is 12.9. The van der Waals surface area contributed by atoms with E-state index in [0.29, 0.717) is 25.7 Å². The lowest BCUT2D eigenvalue weighted by Gasteiger charge is -2.21. The van der Waals surface area contributed by atoms with Crippen molar-refractivity contribution < 1.29 is 80.2 Å². The summed E-state index contributed by atoms with van der Waals surface area (Å²) in [6.07, 6.45) is 73.3. The van der Waals surface area contributed by atoms with Crippen molar-refractivity contribution in [2.75, 3.05) is 39.6 Å². The Morgan fingerprint density at radius 2 is 0.520 bits per heavy atom. The van der Waals surface area contributed by atoms with Gasteiger partial charge in [-0.1, -0.05) is 320 Å². The summed E-state index contributed by atoms with van der Waals surface area (Å²) >= 11 is 0. The molecule has 100 heavy (non-hydrogen) atoms. The maximum atomic E-state index is 13.1. The second-order valence-corrected chi connectivity index (χ2v) is 30.3. The van der Waals surface area contributed by atoms with Gasteiger partial charge in [-0.2, -0.15) is 0 Å². The van der Waals surface area contributed by atoms with Crippen molar-refractivity contribution >= 4 is 39.5 Å². The number of unbranched alkanes of at least 4 members (excludes halogenated alkanes) is 41. The predicted octanol–water partition coefficient (Wildman–Crippen LogP) is 23.5. The zero-order valence-corrected chi connectivity index (χ0v) is 65.7. The molecule has 0 saturated heterocycles. The van der Waals surface area contributed by atoms with E-state index < -0.39 is 97.5 Å². The molecule has 0 fully saturated rings. The summed E-state index contributed by atoms with van der Waals surface area (Å²) in [5.41, 5.74) is 0. The van der Waals surface area contributed by atoms with Crippen molar-refractivity contribution in [3.05, 3.63) is 60.8 Å². The predicted molar refractivity (Wildman–Crippen MR) is 409 cm³/mol. The van der Waals surface area contributed by atoms with Crippen LogP contribution in [0.25, 0.3) is 0 Å². The van der Waals surface area contributed by atoms with Crippen LogP contribution in [0.3, 0.4) is 0 Å². The number of aliphatic hydroxyl groups is 1. The minimum atomic E-state index is -4.97. The van der Waals surface area contributed by atoms with Crippen molar-refractivity contribution in [1.29, 1.82) is 0 Å². The SMILES string of the molecule is CC/C=C\C/C=C\C/C=C\CCCCCCCCCC(=O)OCC(COP(=O)(O)OCC(O)COP(=O)(O)OCC(COC(=O)CCCCCCC/C=C\C/C=C\CCCCC)OC(=O)CCCCCCCCCCCCCCC)OC(=O)CCCCCCCCCCCCCCCCC. The van der Waals surface area contributed by atoms with Crippen LogP contribution in [0.1, 0.15) is 374 Å². The summed E-state index contributed by atoms with van der Waals surface area (Å²) < 4.78 is 68.6. The molecule has 0 heterocycles. The number of carbonyl (C=O) groups excluding carboxylic acids is 4. The summed E-state index contributed by atoms with van der Waals surface area (Å²) in [6.45, 7) is 4.80. The molecule has 0 aromatic rings. The van der Waals surface area contributed by atoms with E-state index in [4.69, 9.17) is 37.0 Å². The molecule has 5 atom stereocenters. The monoisotopic (exact) mass is 1460 g/mol. The highest BCUT2D eigenvalue weighted by Crippen LogP contribution is 2.45. The van der Waals surface area contributed by atoms with Crippen molar-refractivity contribution in [2.24, 2.45) is 0 Å². The molecule has 0 radical (unpaired) electrons. The third kappa shape index (κ3) is 73.1. The first kappa shape index (κ1) is 96.8. The van der Waals surface area contributed by atoms with Gasteiger partial charge in [0.25, 0.3) is 0 Å². The number of rotatable bonds is 77. The van der Waals surface area contributed by atoms with Gasteiger partial charge in [-0.15, -0.1) is 0 Å². The number of phosphoric ester groups is 2. The van der Waals surface area contributed by atoms with E-state index in [1.165, 1.54) is 135 Å². The number of ether oxygens (including phenoxy) is 4. The first-order valence-corrected chi connectivity index (χ1v) is 43.5. The first-order valence-electron chi connectivity index (χ1n) is 40.5. The maximum absolute atomic E-state index is 13.1. The van der Waals surface area contributed by atoms with Crippen LogP contribution >= 0.6 is 15.6 Å². The summed E-state index contributed by atoms with van der Waals surface area (Å²) in [7, 11) is -9.94. The minimum absolute atomic E-state index is 0.0989. The van der Waals surface area contributed by atoms with Crippen LogP contribution in [0.4, 0.5) is 0 Å². The second kappa shape index (κ2) is 74.0. The minimum Gasteiger partial charge on any atom is -0.462 e. The number of allylic oxidation sites excluding steroid dienone is 10. The lowest BCUT2D eigenvalue weighted by molar-refractivity contribution is -0.161. The number of hydrogen-bond donors (Lipinski definition) is 3. The van der Waals surface area contributed by atoms with E-state index in [0.717, 1.165) is 161 Å². The zero-order valence-electron chi connectivity index (χ0n) is 63.9. The Morgan fingerprint density at radius 1 is 0.290 bits per heavy atom. The Hall–Kier alpha value is -3.24. The topological polar surface area (TPSA) is 237 Å². The van der Waals surface area contributed by atoms with E-state index in [2.05, 4.69) is 88.5 Å². The van der Waals surface area contributed by atoms with Crippen LogP contribution in [0.15, 0.2) is 60.8 Å². The molecule has 0 amide bonds. The van der Waals surface area contributed by atoms with E-state index in [1.54, 1.807) is 0 Å². The van der Waals surface area contributed by atoms with E-state index in [-0.39, 0.29) is 25.7 Å². The number of carbonyl (C=O) groups is 4. The van der Waals surface area contributed by atoms with Crippen molar-refractivity contribution in [3.8, 4) is 0 Å². The highest BCUT2D eigenvalue weighted by molar-refractivity contribution is 7.47. The van der Waals surface area contributed by atoms with E-state index in [1.807, 2.05) is 0 Å². The van der Waals surface area contributed by atoms with Crippen LogP contribution in [-0.2, 0) is 65.4 Å². The van der Waals surface area contributed by atoms with E-state index in [9.17, 15) is 43.2 Å². The molecule has 0 spiro atoms. The van der Waals surface area contributed by atoms with Gasteiger partial charge in [-0.25, -0.2) is 9.13 Å². The van der Waals surface area contributed by atoms with Gasteiger partial charge in [0.1, 0.15) is 19.3 Å². The number of aliphatic hydroxyl groups excluding tert-OH is 1. The summed E-state index contributed by atoms with van der Waals surface area (Å²) in [5.74, 6) is -2.16. The van der Waals surface area contributed by atoms with E-state index >= 15 is 0 Å². The van der Waals surface area contributed by atoms with Gasteiger partial charge in [0.15, 0.2) is 12.2 Å². The third-order valence-electron chi connectivity index (χ3n) is 17.5. The lowest BCUT2D eigenvalue weighted by Crippen LogP contribution is -2.30. The van der Waals surface area contributed by atoms with Crippen LogP contribution in [0.5, 0.6) is 0 Å². The summed E-state index contributed by atoms with van der Waals surface area (Å²) in [4.78, 5) is 73.0. The smallest absolute Gasteiger partial charge is 0.462 e. The fraction of sp³-hybridized carbons (Fsp3) is 0.827. The Balaban J connectivity index is 5.32. The molecule has 0 saturated carbocycles. The van der Waals surface area contributed by atoms with Crippen LogP contribution in [0.2, 0.25) is 0 Å². The average Bonchev–Trinajstić information content (AvgIpc) is 1.06. The van der Waals surface area contributed by atoms with Crippen LogP contribution in [-0.4, -0.2) is 96.7 Å². The Bertz CT molecular complexity index is 2130. The Labute approximate surface area is 610 Å². The zero-order chi connectivity index (χ0) is 73.2. The second-order valence-electron chi connectivity index (χ2n) is 27.3. The largest absolute Gasteiger partial charge is 0.472 e. The third-order valence-corrected chi connectivity index (χ3v) is 19.4. The molecular weight excluding hydrogens is 1310 g/mol. The number of phosphoric acid groups is 2. The number of esters is 4. The Kier molecular flexibility index (Phi) is 71.6. The molecule has 17 nitrogen and oxygen atoms in total. The van der Waals surface area contributed by atoms with Crippen molar-refractivity contribution in [1.82, 2.24) is 0 Å². The molecule has 0 aromatic heterocycles. The maximum Gasteiger partial charge on any atom is 0.472 e. The van der Waals surface area contributed by atoms with Gasteiger partial charge in [-0.05, 0) is 89.9 Å². The molecule has 3 N–H and O–H groups in total. The highest BCUT2D eigenvalue weighted by atomic mass is 31.2. The number of hydrogen-bond acceptors (Lipinski definition) is 15. The molecule has 0 aromatic carbocycles. The van der Waals surface area contributed by atoms with Crippen LogP contribution < -0.4 is 0 Å². The normalized spacial score (nSPS) is 14.2. The van der Waals surface area contributed by atoms with Gasteiger partial charge < -0.3 is 33.8 Å². The Morgan fingerprint density at radius 3 is 0.820 bits per heavy atom. The standard InChI is InChI=1S/C81H148O17P2/c1-5-9-13-17-21-25-29-33-36-37-40-43-46-50-54-58-62-66-79(84)92-72-77(98-81(86)68-64-60-56-52-48-44-39-35-31-27-23-19-15-11-7-3)74-96-100(89,90)94-70-75(82)69-93-99(87,88)95-73-76(97-80(85)67-63-59-55-51-47-41-32-28-24-20-16-12-8-4)71-91-78(83)65-61-57-53-49-45-42-38-34-30-26-22-18-14-10-6-2/h9,13,21-22,25-26,33-34,36,38,75-77,82H,5-8,10-12,14-20,23-24,27-32,35,37,39-74H2,1-4H3,(H,87,88)(H,89,90)/b13-9-,25-21-,26-22-,36-33-,38-34-. The fourth-order valence-electron chi connectivity index (χ4n) is 11.3. The molecule has 0 bridgehead atoms. The molecule has 5 unspecified atom stereocenters. The van der Waals surface area contributed by atoms with Crippen molar-refractivity contribution in [3.63, 3.8) is 0 Å². The first-order chi connectivity index (χ1) is 48.7. The van der Waals surface area contributed by atoms with Gasteiger partial charge in [0.05, 0.1) is 26.4 Å². The molecule has 584 valence electrons. The summed E-state index contributed by atoms with van der Waals surface area (Å²) in [5, 5.41) is 10.6. The van der Waals surface area contributed by atoms with Gasteiger partial charge in [0, 0.05) is 25.7 Å². The average molecular weight is 1460 g/mol. The van der Waals surface area contributed by atoms with Gasteiger partial charge in [0.2, 0.25) is 0 Å². The molecule has 0 rings (SSSR count). The van der Waals surface area contributed by atoms with Gasteiger partial charge in [-0.3, -0.25) is 37.3 Å². The molecular formula is C81H148O17P2.